The van der Waals surface area contributed by atoms with Gasteiger partial charge in [0.05, 0.1) is 7.11 Å². The van der Waals surface area contributed by atoms with Crippen molar-refractivity contribution in [2.45, 2.75) is 13.0 Å². The number of hydrogen-bond donors (Lipinski definition) is 0. The molecule has 3 aromatic carbocycles. The molecule has 0 radical (unpaired) electrons. The van der Waals surface area contributed by atoms with Crippen LogP contribution in [0.3, 0.4) is 0 Å². The molecule has 0 saturated heterocycles. The van der Waals surface area contributed by atoms with Gasteiger partial charge in [-0.15, -0.1) is 0 Å². The third-order valence-electron chi connectivity index (χ3n) is 5.09. The summed E-state index contributed by atoms with van der Waals surface area (Å²) < 4.78 is 7.52. The Morgan fingerprint density at radius 3 is 2.33 bits per heavy atom. The highest BCUT2D eigenvalue weighted by molar-refractivity contribution is 5.70. The van der Waals surface area contributed by atoms with E-state index in [0.29, 0.717) is 0 Å². The van der Waals surface area contributed by atoms with Crippen LogP contribution in [0.15, 0.2) is 72.8 Å². The average Bonchev–Trinajstić information content (AvgIpc) is 3.19. The van der Waals surface area contributed by atoms with Crippen LogP contribution >= 0.6 is 0 Å². The minimum atomic E-state index is 0.764. The van der Waals surface area contributed by atoms with Gasteiger partial charge >= 0.3 is 0 Å². The Hall–Kier alpha value is -3.40. The zero-order valence-electron chi connectivity index (χ0n) is 15.1. The highest BCUT2D eigenvalue weighted by Crippen LogP contribution is 2.35. The van der Waals surface area contributed by atoms with E-state index in [1.807, 2.05) is 22.9 Å². The number of benzene rings is 3. The van der Waals surface area contributed by atoms with Crippen LogP contribution in [0.4, 0.5) is 0 Å². The van der Waals surface area contributed by atoms with Gasteiger partial charge in [-0.25, -0.2) is 9.67 Å². The van der Waals surface area contributed by atoms with Crippen LogP contribution in [0.1, 0.15) is 5.56 Å². The molecule has 132 valence electrons. The molecule has 4 nitrogen and oxygen atoms in total. The molecule has 0 spiro atoms. The molecule has 0 fully saturated rings. The van der Waals surface area contributed by atoms with Gasteiger partial charge in [-0.2, -0.15) is 5.10 Å². The van der Waals surface area contributed by atoms with E-state index in [-0.39, 0.29) is 0 Å². The highest BCUT2D eigenvalue weighted by atomic mass is 16.5. The lowest BCUT2D eigenvalue weighted by Gasteiger charge is -2.18. The van der Waals surface area contributed by atoms with E-state index in [0.717, 1.165) is 41.5 Å². The number of aromatic nitrogens is 3. The van der Waals surface area contributed by atoms with Crippen LogP contribution in [0.5, 0.6) is 5.75 Å². The summed E-state index contributed by atoms with van der Waals surface area (Å²) in [5.41, 5.74) is 5.76. The Bertz CT molecular complexity index is 1100. The van der Waals surface area contributed by atoms with Crippen molar-refractivity contribution >= 4 is 0 Å². The number of aryl methyl sites for hydroxylation is 1. The molecule has 0 saturated carbocycles. The Morgan fingerprint density at radius 1 is 0.815 bits per heavy atom. The maximum atomic E-state index is 5.52. The molecule has 1 aromatic heterocycles. The summed E-state index contributed by atoms with van der Waals surface area (Å²) in [6.07, 6.45) is 0.905. The van der Waals surface area contributed by atoms with Crippen molar-refractivity contribution in [2.75, 3.05) is 7.11 Å². The van der Waals surface area contributed by atoms with Gasteiger partial charge in [0.15, 0.2) is 11.6 Å². The van der Waals surface area contributed by atoms with E-state index in [9.17, 15) is 0 Å². The van der Waals surface area contributed by atoms with Crippen LogP contribution in [-0.2, 0) is 13.0 Å². The third kappa shape index (κ3) is 2.70. The SMILES string of the molecule is COc1cccc2c1CCn1nc(-c3ccc(-c4ccccc4)cc3)nc1-2. The van der Waals surface area contributed by atoms with Gasteiger partial charge in [0.25, 0.3) is 0 Å². The topological polar surface area (TPSA) is 39.9 Å². The Labute approximate surface area is 158 Å². The average molecular weight is 353 g/mol. The summed E-state index contributed by atoms with van der Waals surface area (Å²) in [6, 6.07) is 24.9. The Balaban J connectivity index is 1.52. The maximum Gasteiger partial charge on any atom is 0.181 e. The molecule has 0 amide bonds. The first-order valence-corrected chi connectivity index (χ1v) is 9.10. The van der Waals surface area contributed by atoms with E-state index in [4.69, 9.17) is 14.8 Å². The number of rotatable bonds is 3. The molecular formula is C23H19N3O. The van der Waals surface area contributed by atoms with Gasteiger partial charge in [-0.1, -0.05) is 66.7 Å². The monoisotopic (exact) mass is 353 g/mol. The van der Waals surface area contributed by atoms with E-state index in [2.05, 4.69) is 54.6 Å². The van der Waals surface area contributed by atoms with Crippen molar-refractivity contribution < 1.29 is 4.74 Å². The van der Waals surface area contributed by atoms with Crippen molar-refractivity contribution in [3.8, 4) is 39.7 Å². The fraction of sp³-hybridized carbons (Fsp3) is 0.130. The molecule has 1 aliphatic heterocycles. The minimum absolute atomic E-state index is 0.764. The number of methoxy groups -OCH3 is 1. The van der Waals surface area contributed by atoms with Gasteiger partial charge in [0.1, 0.15) is 5.75 Å². The van der Waals surface area contributed by atoms with Crippen LogP contribution in [0.25, 0.3) is 33.9 Å². The molecule has 0 N–H and O–H groups in total. The molecule has 5 rings (SSSR count). The largest absolute Gasteiger partial charge is 0.496 e. The Morgan fingerprint density at radius 2 is 1.56 bits per heavy atom. The fourth-order valence-electron chi connectivity index (χ4n) is 3.70. The molecule has 2 heterocycles. The van der Waals surface area contributed by atoms with Crippen molar-refractivity contribution in [3.63, 3.8) is 0 Å². The molecule has 0 bridgehead atoms. The summed E-state index contributed by atoms with van der Waals surface area (Å²) in [5.74, 6) is 2.60. The van der Waals surface area contributed by atoms with E-state index >= 15 is 0 Å². The van der Waals surface area contributed by atoms with Crippen molar-refractivity contribution in [1.82, 2.24) is 14.8 Å². The second-order valence-electron chi connectivity index (χ2n) is 6.66. The molecule has 0 aliphatic carbocycles. The summed E-state index contributed by atoms with van der Waals surface area (Å²) in [6.45, 7) is 0.817. The van der Waals surface area contributed by atoms with Crippen molar-refractivity contribution in [1.29, 1.82) is 0 Å². The lowest BCUT2D eigenvalue weighted by atomic mass is 10.00. The smallest absolute Gasteiger partial charge is 0.181 e. The normalized spacial score (nSPS) is 12.3. The van der Waals surface area contributed by atoms with Gasteiger partial charge in [-0.05, 0) is 23.6 Å². The summed E-state index contributed by atoms with van der Waals surface area (Å²) in [7, 11) is 1.72. The van der Waals surface area contributed by atoms with Crippen LogP contribution < -0.4 is 4.74 Å². The zero-order valence-corrected chi connectivity index (χ0v) is 15.1. The van der Waals surface area contributed by atoms with Crippen LogP contribution in [0, 0.1) is 0 Å². The highest BCUT2D eigenvalue weighted by Gasteiger charge is 2.23. The van der Waals surface area contributed by atoms with Crippen molar-refractivity contribution in [3.05, 3.63) is 78.4 Å². The summed E-state index contributed by atoms with van der Waals surface area (Å²) >= 11 is 0. The molecule has 0 atom stereocenters. The standard InChI is InChI=1S/C23H19N3O/c1-27-21-9-5-8-20-19(21)14-15-26-23(20)24-22(25-26)18-12-10-17(11-13-18)16-6-3-2-4-7-16/h2-13H,14-15H2,1H3. The lowest BCUT2D eigenvalue weighted by molar-refractivity contribution is 0.407. The van der Waals surface area contributed by atoms with Crippen molar-refractivity contribution in [2.24, 2.45) is 0 Å². The second kappa shape index (κ2) is 6.40. The number of ether oxygens (including phenoxy) is 1. The minimum Gasteiger partial charge on any atom is -0.496 e. The van der Waals surface area contributed by atoms with E-state index in [1.54, 1.807) is 7.11 Å². The van der Waals surface area contributed by atoms with Gasteiger partial charge < -0.3 is 4.74 Å². The first-order chi connectivity index (χ1) is 13.3. The molecule has 0 unspecified atom stereocenters. The predicted molar refractivity (Wildman–Crippen MR) is 107 cm³/mol. The molecule has 1 aliphatic rings. The maximum absolute atomic E-state index is 5.52. The van der Waals surface area contributed by atoms with E-state index in [1.165, 1.54) is 16.7 Å². The zero-order chi connectivity index (χ0) is 18.2. The molecule has 27 heavy (non-hydrogen) atoms. The molecular weight excluding hydrogens is 334 g/mol. The first kappa shape index (κ1) is 15.8. The van der Waals surface area contributed by atoms with Crippen LogP contribution in [0.2, 0.25) is 0 Å². The summed E-state index contributed by atoms with van der Waals surface area (Å²) in [4.78, 5) is 4.84. The lowest BCUT2D eigenvalue weighted by Crippen LogP contribution is -2.13. The number of nitrogens with zero attached hydrogens (tertiary/aromatic N) is 3. The van der Waals surface area contributed by atoms with Gasteiger partial charge in [0.2, 0.25) is 0 Å². The van der Waals surface area contributed by atoms with Crippen LogP contribution in [-0.4, -0.2) is 21.9 Å². The number of fused-ring (bicyclic) bond motifs is 3. The Kier molecular flexibility index (Phi) is 3.75. The first-order valence-electron chi connectivity index (χ1n) is 9.10. The van der Waals surface area contributed by atoms with Gasteiger partial charge in [-0.3, -0.25) is 0 Å². The predicted octanol–water partition coefficient (Wildman–Crippen LogP) is 4.84. The fourth-order valence-corrected chi connectivity index (χ4v) is 3.70. The second-order valence-corrected chi connectivity index (χ2v) is 6.66. The quantitative estimate of drug-likeness (QED) is 0.529. The van der Waals surface area contributed by atoms with Gasteiger partial charge in [0, 0.05) is 23.2 Å². The summed E-state index contributed by atoms with van der Waals surface area (Å²) in [5, 5.41) is 4.74. The number of hydrogen-bond acceptors (Lipinski definition) is 3. The van der Waals surface area contributed by atoms with E-state index < -0.39 is 0 Å². The molecule has 4 aromatic rings. The third-order valence-corrected chi connectivity index (χ3v) is 5.09. The molecule has 4 heteroatoms.